The zero-order valence-electron chi connectivity index (χ0n) is 10.2. The maximum Gasteiger partial charge on any atom is 0.327 e. The van der Waals surface area contributed by atoms with Crippen molar-refractivity contribution in [1.82, 2.24) is 9.80 Å². The molecule has 0 aromatic heterocycles. The van der Waals surface area contributed by atoms with Crippen molar-refractivity contribution in [2.75, 3.05) is 13.6 Å². The molecule has 1 aromatic carbocycles. The first kappa shape index (κ1) is 13.8. The van der Waals surface area contributed by atoms with Gasteiger partial charge in [-0.15, -0.1) is 0 Å². The van der Waals surface area contributed by atoms with Crippen LogP contribution in [0.4, 0.5) is 4.79 Å². The largest absolute Gasteiger partial charge is 0.389 e. The lowest BCUT2D eigenvalue weighted by Crippen LogP contribution is -2.31. The summed E-state index contributed by atoms with van der Waals surface area (Å²) in [6, 6.07) is 4.75. The van der Waals surface area contributed by atoms with E-state index in [0.717, 1.165) is 0 Å². The highest BCUT2D eigenvalue weighted by Crippen LogP contribution is 2.21. The van der Waals surface area contributed by atoms with Crippen molar-refractivity contribution in [3.05, 3.63) is 34.3 Å². The van der Waals surface area contributed by atoms with E-state index >= 15 is 0 Å². The van der Waals surface area contributed by atoms with Gasteiger partial charge in [-0.05, 0) is 11.6 Å². The summed E-state index contributed by atoms with van der Waals surface area (Å²) in [6.07, 6.45) is 0. The number of halogens is 1. The van der Waals surface area contributed by atoms with Crippen LogP contribution in [0.3, 0.4) is 0 Å². The van der Waals surface area contributed by atoms with Crippen LogP contribution in [0.5, 0.6) is 0 Å². The molecule has 5 nitrogen and oxygen atoms in total. The number of imide groups is 1. The molecule has 7 heteroatoms. The molecule has 19 heavy (non-hydrogen) atoms. The lowest BCUT2D eigenvalue weighted by Gasteiger charge is -2.15. The second kappa shape index (κ2) is 5.14. The molecule has 0 bridgehead atoms. The standard InChI is InChI=1S/C12H12ClN3O2S/c1-15-6-10(17)16(12(15)18)5-8-3-2-7(11(14)19)4-9(8)13/h2-4H,5-6H2,1H3,(H2,14,19). The van der Waals surface area contributed by atoms with Gasteiger partial charge in [-0.1, -0.05) is 36.0 Å². The first-order valence-electron chi connectivity index (χ1n) is 5.54. The van der Waals surface area contributed by atoms with Crippen LogP contribution in [0.1, 0.15) is 11.1 Å². The van der Waals surface area contributed by atoms with E-state index in [9.17, 15) is 9.59 Å². The monoisotopic (exact) mass is 297 g/mol. The van der Waals surface area contributed by atoms with Crippen molar-refractivity contribution in [3.63, 3.8) is 0 Å². The Morgan fingerprint density at radius 2 is 2.16 bits per heavy atom. The normalized spacial score (nSPS) is 15.3. The summed E-state index contributed by atoms with van der Waals surface area (Å²) >= 11 is 11.0. The van der Waals surface area contributed by atoms with E-state index in [1.54, 1.807) is 25.2 Å². The topological polar surface area (TPSA) is 66.6 Å². The van der Waals surface area contributed by atoms with Crippen LogP contribution < -0.4 is 5.73 Å². The Hall–Kier alpha value is -1.66. The van der Waals surface area contributed by atoms with Crippen LogP contribution >= 0.6 is 23.8 Å². The Morgan fingerprint density at radius 1 is 1.47 bits per heavy atom. The molecular weight excluding hydrogens is 286 g/mol. The van der Waals surface area contributed by atoms with Gasteiger partial charge in [-0.2, -0.15) is 0 Å². The Balaban J connectivity index is 2.22. The third-order valence-electron chi connectivity index (χ3n) is 2.90. The molecule has 1 aliphatic heterocycles. The van der Waals surface area contributed by atoms with Crippen LogP contribution in [-0.4, -0.2) is 40.3 Å². The van der Waals surface area contributed by atoms with Gasteiger partial charge in [-0.25, -0.2) is 4.79 Å². The van der Waals surface area contributed by atoms with Gasteiger partial charge >= 0.3 is 6.03 Å². The lowest BCUT2D eigenvalue weighted by atomic mass is 10.1. The average molecular weight is 298 g/mol. The Bertz CT molecular complexity index is 576. The number of nitrogens with zero attached hydrogens (tertiary/aromatic N) is 2. The van der Waals surface area contributed by atoms with Crippen LogP contribution in [0.2, 0.25) is 5.02 Å². The van der Waals surface area contributed by atoms with Crippen molar-refractivity contribution < 1.29 is 9.59 Å². The molecule has 0 aliphatic carbocycles. The number of carbonyl (C=O) groups excluding carboxylic acids is 2. The third-order valence-corrected chi connectivity index (χ3v) is 3.48. The quantitative estimate of drug-likeness (QED) is 0.676. The molecule has 1 saturated heterocycles. The third kappa shape index (κ3) is 2.69. The smallest absolute Gasteiger partial charge is 0.327 e. The fraction of sp³-hybridized carbons (Fsp3) is 0.250. The minimum absolute atomic E-state index is 0.0986. The first-order chi connectivity index (χ1) is 8.90. The van der Waals surface area contributed by atoms with E-state index in [4.69, 9.17) is 29.6 Å². The molecule has 0 saturated carbocycles. The van der Waals surface area contributed by atoms with Gasteiger partial charge in [-0.3, -0.25) is 9.69 Å². The Morgan fingerprint density at radius 3 is 2.63 bits per heavy atom. The lowest BCUT2D eigenvalue weighted by molar-refractivity contribution is -0.125. The number of hydrogen-bond donors (Lipinski definition) is 1. The SMILES string of the molecule is CN1CC(=O)N(Cc2ccc(C(N)=S)cc2Cl)C1=O. The second-order valence-corrected chi connectivity index (χ2v) is 5.14. The molecular formula is C12H12ClN3O2S. The second-order valence-electron chi connectivity index (χ2n) is 4.29. The van der Waals surface area contributed by atoms with E-state index in [1.165, 1.54) is 9.80 Å². The number of likely N-dealkylation sites (N-methyl/N-ethyl adjacent to an activating group) is 1. The molecule has 2 rings (SSSR count). The highest BCUT2D eigenvalue weighted by Gasteiger charge is 2.33. The number of nitrogens with two attached hydrogens (primary N) is 1. The van der Waals surface area contributed by atoms with Crippen LogP contribution in [0, 0.1) is 0 Å². The average Bonchev–Trinajstić information content (AvgIpc) is 2.58. The minimum atomic E-state index is -0.320. The van der Waals surface area contributed by atoms with Gasteiger partial charge < -0.3 is 10.6 Å². The first-order valence-corrected chi connectivity index (χ1v) is 6.32. The molecule has 1 aromatic rings. The van der Waals surface area contributed by atoms with Gasteiger partial charge in [0.15, 0.2) is 0 Å². The summed E-state index contributed by atoms with van der Waals surface area (Å²) in [7, 11) is 1.58. The van der Waals surface area contributed by atoms with Crippen LogP contribution in [0.15, 0.2) is 18.2 Å². The summed E-state index contributed by atoms with van der Waals surface area (Å²) in [6.45, 7) is 0.250. The van der Waals surface area contributed by atoms with Crippen molar-refractivity contribution >= 4 is 40.7 Å². The van der Waals surface area contributed by atoms with Gasteiger partial charge in [0.25, 0.3) is 5.91 Å². The van der Waals surface area contributed by atoms with E-state index in [2.05, 4.69) is 0 Å². The summed E-state index contributed by atoms with van der Waals surface area (Å²) in [4.78, 5) is 26.2. The van der Waals surface area contributed by atoms with Crippen molar-refractivity contribution in [1.29, 1.82) is 0 Å². The molecule has 100 valence electrons. The fourth-order valence-corrected chi connectivity index (χ4v) is 2.19. The maximum atomic E-state index is 11.8. The van der Waals surface area contributed by atoms with E-state index in [1.807, 2.05) is 0 Å². The maximum absolute atomic E-state index is 11.8. The number of thiocarbonyl (C=S) groups is 1. The molecule has 1 fully saturated rings. The number of amides is 3. The number of benzene rings is 1. The van der Waals surface area contributed by atoms with Gasteiger partial charge in [0, 0.05) is 17.6 Å². The van der Waals surface area contributed by atoms with Crippen LogP contribution in [0.25, 0.3) is 0 Å². The Labute approximate surface area is 120 Å². The molecule has 0 spiro atoms. The van der Waals surface area contributed by atoms with Gasteiger partial charge in [0.2, 0.25) is 0 Å². The molecule has 0 unspecified atom stereocenters. The molecule has 2 N–H and O–H groups in total. The molecule has 1 heterocycles. The number of hydrogen-bond acceptors (Lipinski definition) is 3. The molecule has 0 radical (unpaired) electrons. The predicted molar refractivity (Wildman–Crippen MR) is 75.9 cm³/mol. The predicted octanol–water partition coefficient (Wildman–Crippen LogP) is 1.37. The van der Waals surface area contributed by atoms with Crippen molar-refractivity contribution in [2.45, 2.75) is 6.54 Å². The summed E-state index contributed by atoms with van der Waals surface area (Å²) in [5.41, 5.74) is 6.84. The minimum Gasteiger partial charge on any atom is -0.389 e. The van der Waals surface area contributed by atoms with Gasteiger partial charge in [0.1, 0.15) is 11.5 Å². The highest BCUT2D eigenvalue weighted by atomic mass is 35.5. The summed E-state index contributed by atoms with van der Waals surface area (Å²) in [5, 5.41) is 0.431. The molecule has 3 amide bonds. The summed E-state index contributed by atoms with van der Waals surface area (Å²) in [5.74, 6) is -0.234. The zero-order chi connectivity index (χ0) is 14.2. The van der Waals surface area contributed by atoms with E-state index in [0.29, 0.717) is 16.1 Å². The summed E-state index contributed by atoms with van der Waals surface area (Å²) < 4.78 is 0. The van der Waals surface area contributed by atoms with E-state index in [-0.39, 0.29) is 30.0 Å². The molecule has 1 aliphatic rings. The zero-order valence-corrected chi connectivity index (χ0v) is 11.8. The Kier molecular flexibility index (Phi) is 3.73. The van der Waals surface area contributed by atoms with E-state index < -0.39 is 0 Å². The molecule has 0 atom stereocenters. The number of urea groups is 1. The van der Waals surface area contributed by atoms with Crippen LogP contribution in [-0.2, 0) is 11.3 Å². The highest BCUT2D eigenvalue weighted by molar-refractivity contribution is 7.80. The fourth-order valence-electron chi connectivity index (χ4n) is 1.82. The van der Waals surface area contributed by atoms with Crippen molar-refractivity contribution in [3.8, 4) is 0 Å². The van der Waals surface area contributed by atoms with Crippen molar-refractivity contribution in [2.24, 2.45) is 5.73 Å². The number of carbonyl (C=O) groups is 2. The van der Waals surface area contributed by atoms with Gasteiger partial charge in [0.05, 0.1) is 6.54 Å². The number of rotatable bonds is 3.